The zero-order chi connectivity index (χ0) is 20.7. The molecule has 2 rings (SSSR count). The van der Waals surface area contributed by atoms with Crippen molar-refractivity contribution in [1.82, 2.24) is 10.2 Å². The minimum absolute atomic E-state index is 0.0937. The van der Waals surface area contributed by atoms with Crippen LogP contribution in [0.1, 0.15) is 26.3 Å². The maximum atomic E-state index is 12.4. The number of benzene rings is 2. The van der Waals surface area contributed by atoms with Crippen LogP contribution < -0.4 is 15.4 Å². The fourth-order valence-electron chi connectivity index (χ4n) is 2.59. The summed E-state index contributed by atoms with van der Waals surface area (Å²) in [6.07, 6.45) is 0. The number of rotatable bonds is 7. The van der Waals surface area contributed by atoms with Crippen molar-refractivity contribution in [3.63, 3.8) is 0 Å². The Morgan fingerprint density at radius 2 is 1.57 bits per heavy atom. The molecule has 0 aliphatic rings. The number of hydrogen-bond acceptors (Lipinski definition) is 4. The van der Waals surface area contributed by atoms with E-state index in [2.05, 4.69) is 10.6 Å². The molecule has 150 valence electrons. The smallest absolute Gasteiger partial charge is 0.238 e. The van der Waals surface area contributed by atoms with Gasteiger partial charge in [0, 0.05) is 5.54 Å². The van der Waals surface area contributed by atoms with Gasteiger partial charge in [-0.25, -0.2) is 0 Å². The Kier molecular flexibility index (Phi) is 7.18. The average Bonchev–Trinajstić information content (AvgIpc) is 2.56. The lowest BCUT2D eigenvalue weighted by Gasteiger charge is -2.23. The third-order valence-corrected chi connectivity index (χ3v) is 3.75. The molecular weight excluding hydrogens is 354 g/mol. The summed E-state index contributed by atoms with van der Waals surface area (Å²) >= 11 is 0. The maximum Gasteiger partial charge on any atom is 0.238 e. The summed E-state index contributed by atoms with van der Waals surface area (Å²) < 4.78 is 5.90. The third-order valence-electron chi connectivity index (χ3n) is 3.75. The van der Waals surface area contributed by atoms with Crippen LogP contribution in [0, 0.1) is 6.92 Å². The number of likely N-dealkylation sites (N-methyl/N-ethyl adjacent to an activating group) is 1. The Bertz CT molecular complexity index is 811. The molecule has 0 aromatic heterocycles. The van der Waals surface area contributed by atoms with Crippen LogP contribution in [0.2, 0.25) is 0 Å². The zero-order valence-corrected chi connectivity index (χ0v) is 17.2. The molecule has 6 nitrogen and oxygen atoms in total. The third kappa shape index (κ3) is 7.40. The Hall–Kier alpha value is -2.86. The average molecular weight is 383 g/mol. The summed E-state index contributed by atoms with van der Waals surface area (Å²) in [4.78, 5) is 26.1. The van der Waals surface area contributed by atoms with Crippen LogP contribution in [0.4, 0.5) is 5.69 Å². The van der Waals surface area contributed by atoms with Crippen molar-refractivity contribution in [2.24, 2.45) is 0 Å². The molecule has 2 N–H and O–H groups in total. The standard InChI is InChI=1S/C22H29N3O3/c1-16-10-12-17(13-11-16)28-19-9-7-6-8-18(19)23-20(26)14-25(5)15-21(27)24-22(2,3)4/h6-13H,14-15H2,1-5H3,(H,23,26)(H,24,27). The highest BCUT2D eigenvalue weighted by Crippen LogP contribution is 2.29. The number of anilines is 1. The molecule has 0 saturated carbocycles. The number of carbonyl (C=O) groups excluding carboxylic acids is 2. The van der Waals surface area contributed by atoms with Gasteiger partial charge >= 0.3 is 0 Å². The van der Waals surface area contributed by atoms with E-state index >= 15 is 0 Å². The first-order valence-electron chi connectivity index (χ1n) is 9.25. The van der Waals surface area contributed by atoms with E-state index in [0.717, 1.165) is 5.56 Å². The monoisotopic (exact) mass is 383 g/mol. The molecule has 28 heavy (non-hydrogen) atoms. The minimum Gasteiger partial charge on any atom is -0.455 e. The second-order valence-corrected chi connectivity index (χ2v) is 7.93. The molecule has 0 atom stereocenters. The molecular formula is C22H29N3O3. The maximum absolute atomic E-state index is 12.4. The molecule has 0 radical (unpaired) electrons. The van der Waals surface area contributed by atoms with Crippen LogP contribution in [0.25, 0.3) is 0 Å². The van der Waals surface area contributed by atoms with Gasteiger partial charge in [-0.2, -0.15) is 0 Å². The van der Waals surface area contributed by atoms with Gasteiger partial charge in [0.15, 0.2) is 5.75 Å². The van der Waals surface area contributed by atoms with Crippen LogP contribution in [0.3, 0.4) is 0 Å². The van der Waals surface area contributed by atoms with E-state index in [1.54, 1.807) is 24.1 Å². The van der Waals surface area contributed by atoms with Crippen LogP contribution in [-0.2, 0) is 9.59 Å². The van der Waals surface area contributed by atoms with E-state index in [-0.39, 0.29) is 30.4 Å². The van der Waals surface area contributed by atoms with Crippen molar-refractivity contribution in [2.45, 2.75) is 33.2 Å². The molecule has 0 heterocycles. The first-order valence-corrected chi connectivity index (χ1v) is 9.25. The number of hydrogen-bond donors (Lipinski definition) is 2. The summed E-state index contributed by atoms with van der Waals surface area (Å²) in [7, 11) is 1.73. The van der Waals surface area contributed by atoms with E-state index in [9.17, 15) is 9.59 Å². The zero-order valence-electron chi connectivity index (χ0n) is 17.2. The molecule has 0 aliphatic heterocycles. The van der Waals surface area contributed by atoms with Crippen molar-refractivity contribution in [3.8, 4) is 11.5 Å². The van der Waals surface area contributed by atoms with Gasteiger partial charge in [-0.3, -0.25) is 14.5 Å². The second kappa shape index (κ2) is 9.37. The van der Waals surface area contributed by atoms with E-state index in [1.807, 2.05) is 64.1 Å². The lowest BCUT2D eigenvalue weighted by atomic mass is 10.1. The highest BCUT2D eigenvalue weighted by atomic mass is 16.5. The van der Waals surface area contributed by atoms with Gasteiger partial charge in [0.05, 0.1) is 18.8 Å². The summed E-state index contributed by atoms with van der Waals surface area (Å²) in [5.41, 5.74) is 1.43. The van der Waals surface area contributed by atoms with E-state index in [4.69, 9.17) is 4.74 Å². The van der Waals surface area contributed by atoms with Crippen molar-refractivity contribution in [1.29, 1.82) is 0 Å². The molecule has 0 fully saturated rings. The van der Waals surface area contributed by atoms with Gasteiger partial charge in [-0.05, 0) is 59.0 Å². The van der Waals surface area contributed by atoms with Crippen molar-refractivity contribution >= 4 is 17.5 Å². The van der Waals surface area contributed by atoms with Gasteiger partial charge in [-0.15, -0.1) is 0 Å². The first-order chi connectivity index (χ1) is 13.1. The minimum atomic E-state index is -0.299. The van der Waals surface area contributed by atoms with Gasteiger partial charge in [0.1, 0.15) is 5.75 Å². The normalized spacial score (nSPS) is 11.2. The predicted molar refractivity (Wildman–Crippen MR) is 112 cm³/mol. The van der Waals surface area contributed by atoms with Crippen LogP contribution in [0.15, 0.2) is 48.5 Å². The largest absolute Gasteiger partial charge is 0.455 e. The predicted octanol–water partition coefficient (Wildman–Crippen LogP) is 3.57. The fraction of sp³-hybridized carbons (Fsp3) is 0.364. The van der Waals surface area contributed by atoms with Gasteiger partial charge in [-0.1, -0.05) is 29.8 Å². The molecule has 0 unspecified atom stereocenters. The summed E-state index contributed by atoms with van der Waals surface area (Å²) in [5, 5.41) is 5.74. The van der Waals surface area contributed by atoms with Crippen molar-refractivity contribution in [3.05, 3.63) is 54.1 Å². The number of nitrogens with one attached hydrogen (secondary N) is 2. The Labute approximate surface area is 166 Å². The summed E-state index contributed by atoms with van der Waals surface area (Å²) in [6.45, 7) is 8.01. The van der Waals surface area contributed by atoms with E-state index in [0.29, 0.717) is 17.2 Å². The summed E-state index contributed by atoms with van der Waals surface area (Å²) in [5.74, 6) is 0.924. The van der Waals surface area contributed by atoms with E-state index < -0.39 is 0 Å². The highest BCUT2D eigenvalue weighted by Gasteiger charge is 2.17. The molecule has 0 spiro atoms. The Balaban J connectivity index is 1.94. The molecule has 0 bridgehead atoms. The van der Waals surface area contributed by atoms with Crippen molar-refractivity contribution < 1.29 is 14.3 Å². The summed E-state index contributed by atoms with van der Waals surface area (Å²) in [6, 6.07) is 15.0. The fourth-order valence-corrected chi connectivity index (χ4v) is 2.59. The SMILES string of the molecule is Cc1ccc(Oc2ccccc2NC(=O)CN(C)CC(=O)NC(C)(C)C)cc1. The van der Waals surface area contributed by atoms with Crippen LogP contribution in [0.5, 0.6) is 11.5 Å². The highest BCUT2D eigenvalue weighted by molar-refractivity contribution is 5.94. The Morgan fingerprint density at radius 3 is 2.21 bits per heavy atom. The van der Waals surface area contributed by atoms with Crippen LogP contribution in [-0.4, -0.2) is 42.4 Å². The number of nitrogens with zero attached hydrogens (tertiary/aromatic N) is 1. The molecule has 0 saturated heterocycles. The number of ether oxygens (including phenoxy) is 1. The molecule has 6 heteroatoms. The molecule has 2 aromatic rings. The first kappa shape index (κ1) is 21.4. The molecule has 0 aliphatic carbocycles. The lowest BCUT2D eigenvalue weighted by Crippen LogP contribution is -2.46. The van der Waals surface area contributed by atoms with Crippen molar-refractivity contribution in [2.75, 3.05) is 25.5 Å². The molecule has 2 aromatic carbocycles. The number of amides is 2. The van der Waals surface area contributed by atoms with Crippen LogP contribution >= 0.6 is 0 Å². The van der Waals surface area contributed by atoms with Gasteiger partial charge < -0.3 is 15.4 Å². The number of aryl methyl sites for hydroxylation is 1. The topological polar surface area (TPSA) is 70.7 Å². The lowest BCUT2D eigenvalue weighted by molar-refractivity contribution is -0.124. The number of para-hydroxylation sites is 2. The molecule has 2 amide bonds. The second-order valence-electron chi connectivity index (χ2n) is 7.93. The quantitative estimate of drug-likeness (QED) is 0.767. The number of carbonyl (C=O) groups is 2. The Morgan fingerprint density at radius 1 is 0.964 bits per heavy atom. The van der Waals surface area contributed by atoms with Gasteiger partial charge in [0.2, 0.25) is 11.8 Å². The van der Waals surface area contributed by atoms with Gasteiger partial charge in [0.25, 0.3) is 0 Å². The van der Waals surface area contributed by atoms with E-state index in [1.165, 1.54) is 0 Å².